The molecule has 118 valence electrons. The summed E-state index contributed by atoms with van der Waals surface area (Å²) in [6.45, 7) is 1.98. The summed E-state index contributed by atoms with van der Waals surface area (Å²) in [6, 6.07) is 12.6. The molecule has 1 aromatic carbocycles. The molecule has 0 saturated carbocycles. The molecule has 3 N–H and O–H groups in total. The van der Waals surface area contributed by atoms with Gasteiger partial charge >= 0.3 is 0 Å². The Morgan fingerprint density at radius 3 is 2.92 bits per heavy atom. The largest absolute Gasteiger partial charge is 0.352 e. The highest BCUT2D eigenvalue weighted by Crippen LogP contribution is 2.31. The van der Waals surface area contributed by atoms with Crippen LogP contribution in [0.1, 0.15) is 12.0 Å². The highest BCUT2D eigenvalue weighted by Gasteiger charge is 2.13. The quantitative estimate of drug-likeness (QED) is 0.530. The average molecular weight is 315 g/mol. The van der Waals surface area contributed by atoms with Gasteiger partial charge in [0.25, 0.3) is 0 Å². The van der Waals surface area contributed by atoms with Gasteiger partial charge in [-0.1, -0.05) is 12.1 Å². The third-order valence-corrected chi connectivity index (χ3v) is 4.64. The zero-order chi connectivity index (χ0) is 15.9. The summed E-state index contributed by atoms with van der Waals surface area (Å²) in [5.74, 6) is 0. The second kappa shape index (κ2) is 5.32. The summed E-state index contributed by atoms with van der Waals surface area (Å²) >= 11 is 0. The van der Waals surface area contributed by atoms with Crippen LogP contribution in [0, 0.1) is 0 Å². The normalized spacial score (nSPS) is 15.1. The molecule has 4 aromatic rings. The molecule has 0 spiro atoms. The first-order chi connectivity index (χ1) is 11.9. The summed E-state index contributed by atoms with van der Waals surface area (Å²) < 4.78 is 0. The van der Waals surface area contributed by atoms with Gasteiger partial charge in [-0.05, 0) is 54.4 Å². The number of nitrogens with one attached hydrogen (secondary N) is 3. The maximum Gasteiger partial charge on any atom is 0.116 e. The molecule has 0 saturated heterocycles. The Bertz CT molecular complexity index is 1040. The highest BCUT2D eigenvalue weighted by molar-refractivity contribution is 5.96. The Balaban J connectivity index is 1.66. The second-order valence-corrected chi connectivity index (χ2v) is 6.14. The number of hydrogen-bond donors (Lipinski definition) is 3. The first kappa shape index (κ1) is 13.5. The number of nitrogens with zero attached hydrogens (tertiary/aromatic N) is 2. The molecule has 0 amide bonds. The van der Waals surface area contributed by atoms with E-state index in [4.69, 9.17) is 0 Å². The molecule has 5 heteroatoms. The van der Waals surface area contributed by atoms with Crippen molar-refractivity contribution < 1.29 is 0 Å². The van der Waals surface area contributed by atoms with Crippen molar-refractivity contribution in [3.63, 3.8) is 0 Å². The lowest BCUT2D eigenvalue weighted by molar-refractivity contribution is 0.739. The molecule has 4 heterocycles. The van der Waals surface area contributed by atoms with Gasteiger partial charge in [0.15, 0.2) is 0 Å². The van der Waals surface area contributed by atoms with E-state index in [1.54, 1.807) is 0 Å². The van der Waals surface area contributed by atoms with Gasteiger partial charge in [0.05, 0.1) is 22.2 Å². The third-order valence-electron chi connectivity index (χ3n) is 4.64. The van der Waals surface area contributed by atoms with Crippen LogP contribution in [0.15, 0.2) is 48.7 Å². The topological polar surface area (TPSA) is 69.4 Å². The minimum Gasteiger partial charge on any atom is -0.352 e. The minimum absolute atomic E-state index is 0.944. The van der Waals surface area contributed by atoms with E-state index in [0.717, 1.165) is 52.8 Å². The molecule has 5 rings (SSSR count). The molecule has 0 unspecified atom stereocenters. The molecule has 0 aliphatic carbocycles. The molecule has 3 aromatic heterocycles. The van der Waals surface area contributed by atoms with Crippen LogP contribution in [0.4, 0.5) is 0 Å². The van der Waals surface area contributed by atoms with Crippen molar-refractivity contribution in [2.24, 2.45) is 0 Å². The fourth-order valence-corrected chi connectivity index (χ4v) is 3.39. The zero-order valence-corrected chi connectivity index (χ0v) is 13.1. The van der Waals surface area contributed by atoms with Gasteiger partial charge in [0, 0.05) is 18.1 Å². The van der Waals surface area contributed by atoms with Crippen LogP contribution < -0.4 is 5.32 Å². The monoisotopic (exact) mass is 315 g/mol. The van der Waals surface area contributed by atoms with E-state index < -0.39 is 0 Å². The molecule has 5 nitrogen and oxygen atoms in total. The standard InChI is InChI=1S/C19H17N5/c1-2-16-17(21-7-1)11-18(22-16)19-14-10-13(3-4-15(14)23-24-19)12-5-8-20-9-6-12/h1-5,7,10-11,20,22H,6,8-9H2,(H,23,24). The van der Waals surface area contributed by atoms with Gasteiger partial charge in [-0.15, -0.1) is 0 Å². The summed E-state index contributed by atoms with van der Waals surface area (Å²) in [7, 11) is 0. The van der Waals surface area contributed by atoms with Gasteiger partial charge in [-0.25, -0.2) is 0 Å². The summed E-state index contributed by atoms with van der Waals surface area (Å²) in [6.07, 6.45) is 5.15. The molecule has 24 heavy (non-hydrogen) atoms. The van der Waals surface area contributed by atoms with Gasteiger partial charge < -0.3 is 10.3 Å². The van der Waals surface area contributed by atoms with Crippen molar-refractivity contribution in [1.82, 2.24) is 25.5 Å². The van der Waals surface area contributed by atoms with E-state index in [-0.39, 0.29) is 0 Å². The molecule has 0 atom stereocenters. The first-order valence-corrected chi connectivity index (χ1v) is 8.21. The molecule has 0 fully saturated rings. The third kappa shape index (κ3) is 2.13. The zero-order valence-electron chi connectivity index (χ0n) is 13.1. The van der Waals surface area contributed by atoms with E-state index in [1.807, 2.05) is 18.3 Å². The summed E-state index contributed by atoms with van der Waals surface area (Å²) in [5, 5.41) is 12.2. The second-order valence-electron chi connectivity index (χ2n) is 6.14. The minimum atomic E-state index is 0.944. The highest BCUT2D eigenvalue weighted by atomic mass is 15.1. The van der Waals surface area contributed by atoms with Crippen molar-refractivity contribution >= 4 is 27.5 Å². The lowest BCUT2D eigenvalue weighted by Gasteiger charge is -2.14. The van der Waals surface area contributed by atoms with Crippen LogP contribution in [0.25, 0.3) is 38.9 Å². The number of benzene rings is 1. The number of hydrogen-bond acceptors (Lipinski definition) is 3. The lowest BCUT2D eigenvalue weighted by Crippen LogP contribution is -2.19. The Morgan fingerprint density at radius 2 is 2.04 bits per heavy atom. The predicted molar refractivity (Wildman–Crippen MR) is 96.6 cm³/mol. The maximum absolute atomic E-state index is 4.53. The van der Waals surface area contributed by atoms with Crippen LogP contribution in [-0.4, -0.2) is 33.3 Å². The van der Waals surface area contributed by atoms with E-state index >= 15 is 0 Å². The Labute approximate surface area is 138 Å². The van der Waals surface area contributed by atoms with Crippen molar-refractivity contribution in [3.05, 3.63) is 54.2 Å². The number of aromatic amines is 2. The van der Waals surface area contributed by atoms with Crippen molar-refractivity contribution in [1.29, 1.82) is 0 Å². The van der Waals surface area contributed by atoms with Crippen molar-refractivity contribution in [3.8, 4) is 11.4 Å². The number of rotatable bonds is 2. The maximum atomic E-state index is 4.53. The number of aromatic nitrogens is 4. The first-order valence-electron chi connectivity index (χ1n) is 8.21. The number of H-pyrrole nitrogens is 2. The molecule has 0 radical (unpaired) electrons. The Hall–Kier alpha value is -2.92. The van der Waals surface area contributed by atoms with E-state index in [0.29, 0.717) is 0 Å². The molecule has 0 bridgehead atoms. The van der Waals surface area contributed by atoms with E-state index in [1.165, 1.54) is 11.1 Å². The summed E-state index contributed by atoms with van der Waals surface area (Å²) in [5.41, 5.74) is 7.66. The van der Waals surface area contributed by atoms with Crippen LogP contribution in [-0.2, 0) is 0 Å². The fourth-order valence-electron chi connectivity index (χ4n) is 3.39. The van der Waals surface area contributed by atoms with Crippen LogP contribution in [0.3, 0.4) is 0 Å². The Morgan fingerprint density at radius 1 is 1.04 bits per heavy atom. The van der Waals surface area contributed by atoms with Gasteiger partial charge in [0.1, 0.15) is 5.69 Å². The van der Waals surface area contributed by atoms with Crippen LogP contribution in [0.2, 0.25) is 0 Å². The van der Waals surface area contributed by atoms with E-state index in [2.05, 4.69) is 55.8 Å². The molecule has 1 aliphatic heterocycles. The van der Waals surface area contributed by atoms with Gasteiger partial charge in [-0.2, -0.15) is 5.10 Å². The van der Waals surface area contributed by atoms with Crippen LogP contribution in [0.5, 0.6) is 0 Å². The number of pyridine rings is 1. The average Bonchev–Trinajstić information content (AvgIpc) is 3.25. The predicted octanol–water partition coefficient (Wildman–Crippen LogP) is 3.48. The number of fused-ring (bicyclic) bond motifs is 2. The fraction of sp³-hybridized carbons (Fsp3) is 0.158. The van der Waals surface area contributed by atoms with Gasteiger partial charge in [-0.3, -0.25) is 10.1 Å². The van der Waals surface area contributed by atoms with Crippen LogP contribution >= 0.6 is 0 Å². The van der Waals surface area contributed by atoms with E-state index in [9.17, 15) is 0 Å². The summed E-state index contributed by atoms with van der Waals surface area (Å²) in [4.78, 5) is 7.82. The SMILES string of the molecule is C1=C(c2ccc3[nH]nc(-c4cc5ncccc5[nH]4)c3c2)CCNC1. The van der Waals surface area contributed by atoms with Crippen molar-refractivity contribution in [2.75, 3.05) is 13.1 Å². The lowest BCUT2D eigenvalue weighted by atomic mass is 9.98. The van der Waals surface area contributed by atoms with Crippen molar-refractivity contribution in [2.45, 2.75) is 6.42 Å². The van der Waals surface area contributed by atoms with Gasteiger partial charge in [0.2, 0.25) is 0 Å². The Kier molecular flexibility index (Phi) is 2.99. The molecular weight excluding hydrogens is 298 g/mol. The smallest absolute Gasteiger partial charge is 0.116 e. The molecular formula is C19H17N5. The molecule has 1 aliphatic rings.